The molecule has 0 radical (unpaired) electrons. The van der Waals surface area contributed by atoms with Crippen LogP contribution in [0.1, 0.15) is 32.2 Å². The Labute approximate surface area is 178 Å². The van der Waals surface area contributed by atoms with Crippen LogP contribution in [0.2, 0.25) is 0 Å². The Morgan fingerprint density at radius 2 is 1.87 bits per heavy atom. The minimum atomic E-state index is -0.162. The topological polar surface area (TPSA) is 85.6 Å². The molecule has 0 spiro atoms. The van der Waals surface area contributed by atoms with Gasteiger partial charge in [-0.15, -0.1) is 11.3 Å². The lowest BCUT2D eigenvalue weighted by Crippen LogP contribution is -2.17. The molecule has 0 saturated heterocycles. The molecule has 152 valence electrons. The molecule has 1 N–H and O–H groups in total. The second kappa shape index (κ2) is 8.16. The Hall–Kier alpha value is -3.39. The molecule has 4 rings (SSSR count). The average Bonchev–Trinajstić information content (AvgIpc) is 3.36. The Kier molecular flexibility index (Phi) is 5.41. The van der Waals surface area contributed by atoms with Gasteiger partial charge < -0.3 is 5.32 Å². The third-order valence-corrected chi connectivity index (χ3v) is 5.30. The van der Waals surface area contributed by atoms with Crippen molar-refractivity contribution in [3.05, 3.63) is 71.6 Å². The van der Waals surface area contributed by atoms with Crippen LogP contribution in [-0.2, 0) is 16.6 Å². The Bertz CT molecular complexity index is 1150. The number of nitrogens with zero attached hydrogens (tertiary/aromatic N) is 5. The summed E-state index contributed by atoms with van der Waals surface area (Å²) in [6, 6.07) is 13.2. The quantitative estimate of drug-likeness (QED) is 0.523. The molecule has 0 aliphatic rings. The zero-order chi connectivity index (χ0) is 21.1. The van der Waals surface area contributed by atoms with E-state index in [0.29, 0.717) is 17.3 Å². The third kappa shape index (κ3) is 4.44. The number of pyridine rings is 2. The summed E-state index contributed by atoms with van der Waals surface area (Å²) in [7, 11) is 0. The fourth-order valence-corrected chi connectivity index (χ4v) is 3.63. The van der Waals surface area contributed by atoms with Gasteiger partial charge in [0, 0.05) is 29.3 Å². The number of hydrogen-bond acceptors (Lipinski definition) is 6. The van der Waals surface area contributed by atoms with Crippen molar-refractivity contribution in [1.82, 2.24) is 24.7 Å². The smallest absolute Gasteiger partial charge is 0.231 e. The summed E-state index contributed by atoms with van der Waals surface area (Å²) in [6.45, 7) is 6.24. The minimum absolute atomic E-state index is 0.161. The van der Waals surface area contributed by atoms with E-state index in [0.717, 1.165) is 16.4 Å². The van der Waals surface area contributed by atoms with Crippen molar-refractivity contribution in [2.45, 2.75) is 32.6 Å². The van der Waals surface area contributed by atoms with Gasteiger partial charge in [0.25, 0.3) is 0 Å². The van der Waals surface area contributed by atoms with Crippen molar-refractivity contribution in [2.75, 3.05) is 5.32 Å². The van der Waals surface area contributed by atoms with Crippen LogP contribution in [0.3, 0.4) is 0 Å². The summed E-state index contributed by atoms with van der Waals surface area (Å²) in [6.07, 6.45) is 3.60. The average molecular weight is 419 g/mol. The molecule has 0 aromatic carbocycles. The van der Waals surface area contributed by atoms with Crippen LogP contribution >= 0.6 is 11.3 Å². The van der Waals surface area contributed by atoms with E-state index < -0.39 is 0 Å². The second-order valence-electron chi connectivity index (χ2n) is 7.85. The molecule has 0 bridgehead atoms. The minimum Gasteiger partial charge on any atom is -0.310 e. The Balaban J connectivity index is 1.55. The molecule has 0 aliphatic carbocycles. The predicted molar refractivity (Wildman–Crippen MR) is 118 cm³/mol. The highest BCUT2D eigenvalue weighted by molar-refractivity contribution is 7.13. The van der Waals surface area contributed by atoms with E-state index in [2.05, 4.69) is 46.1 Å². The zero-order valence-corrected chi connectivity index (χ0v) is 17.8. The highest BCUT2D eigenvalue weighted by Gasteiger charge is 2.22. The van der Waals surface area contributed by atoms with E-state index in [4.69, 9.17) is 0 Å². The van der Waals surface area contributed by atoms with Crippen LogP contribution in [0.15, 0.2) is 60.2 Å². The number of thiazole rings is 1. The molecular weight excluding hydrogens is 396 g/mol. The van der Waals surface area contributed by atoms with Gasteiger partial charge in [0.05, 0.1) is 23.5 Å². The first kappa shape index (κ1) is 19.9. The molecule has 4 aromatic heterocycles. The second-order valence-corrected chi connectivity index (χ2v) is 8.71. The molecule has 30 heavy (non-hydrogen) atoms. The molecule has 4 aromatic rings. The lowest BCUT2D eigenvalue weighted by atomic mass is 9.92. The first-order chi connectivity index (χ1) is 14.4. The van der Waals surface area contributed by atoms with Gasteiger partial charge in [-0.25, -0.2) is 9.97 Å². The molecule has 0 fully saturated rings. The molecule has 0 unspecified atom stereocenters. The van der Waals surface area contributed by atoms with E-state index in [1.54, 1.807) is 17.1 Å². The molecular formula is C22H22N6OS. The highest BCUT2D eigenvalue weighted by atomic mass is 32.1. The number of amides is 1. The number of rotatable bonds is 5. The number of carbonyl (C=O) groups is 1. The third-order valence-electron chi connectivity index (χ3n) is 4.39. The van der Waals surface area contributed by atoms with Crippen LogP contribution in [0.25, 0.3) is 16.5 Å². The number of nitrogens with one attached hydrogen (secondary N) is 1. The maximum atomic E-state index is 12.7. The fraction of sp³-hybridized carbons (Fsp3) is 0.227. The van der Waals surface area contributed by atoms with Crippen LogP contribution in [0.5, 0.6) is 0 Å². The fourth-order valence-electron chi connectivity index (χ4n) is 2.84. The van der Waals surface area contributed by atoms with Crippen molar-refractivity contribution in [3.8, 4) is 16.5 Å². The van der Waals surface area contributed by atoms with Crippen molar-refractivity contribution in [1.29, 1.82) is 0 Å². The largest absolute Gasteiger partial charge is 0.310 e. The maximum Gasteiger partial charge on any atom is 0.231 e. The zero-order valence-electron chi connectivity index (χ0n) is 17.0. The maximum absolute atomic E-state index is 12.7. The molecule has 1 amide bonds. The molecule has 0 saturated carbocycles. The van der Waals surface area contributed by atoms with Crippen molar-refractivity contribution in [3.63, 3.8) is 0 Å². The first-order valence-electron chi connectivity index (χ1n) is 9.58. The van der Waals surface area contributed by atoms with Crippen LogP contribution in [0, 0.1) is 0 Å². The van der Waals surface area contributed by atoms with Crippen molar-refractivity contribution >= 4 is 23.1 Å². The molecule has 4 heterocycles. The monoisotopic (exact) mass is 418 g/mol. The lowest BCUT2D eigenvalue weighted by molar-refractivity contribution is -0.115. The summed E-state index contributed by atoms with van der Waals surface area (Å²) in [5, 5.41) is 10.3. The number of anilines is 1. The molecule has 8 heteroatoms. The van der Waals surface area contributed by atoms with Gasteiger partial charge in [-0.05, 0) is 24.3 Å². The molecule has 0 atom stereocenters. The Morgan fingerprint density at radius 3 is 2.53 bits per heavy atom. The van der Waals surface area contributed by atoms with E-state index in [1.807, 2.05) is 47.8 Å². The number of aromatic nitrogens is 5. The van der Waals surface area contributed by atoms with Crippen LogP contribution in [-0.4, -0.2) is 30.6 Å². The standard InChI is InChI=1S/C22H22N6OS/c1-22(2,3)17-13-19(28(27-17)18-9-5-7-11-24-18)26-20(29)12-15-14-30-21(25-15)16-8-4-6-10-23-16/h4-11,13-14H,12H2,1-3H3,(H,26,29). The van der Waals surface area contributed by atoms with Crippen molar-refractivity contribution in [2.24, 2.45) is 0 Å². The lowest BCUT2D eigenvalue weighted by Gasteiger charge is -2.13. The summed E-state index contributed by atoms with van der Waals surface area (Å²) >= 11 is 1.48. The van der Waals surface area contributed by atoms with E-state index in [-0.39, 0.29) is 17.7 Å². The van der Waals surface area contributed by atoms with Gasteiger partial charge in [-0.2, -0.15) is 9.78 Å². The summed E-state index contributed by atoms with van der Waals surface area (Å²) in [5.41, 5.74) is 2.22. The predicted octanol–water partition coefficient (Wildman–Crippen LogP) is 4.26. The normalized spacial score (nSPS) is 11.4. The van der Waals surface area contributed by atoms with E-state index in [9.17, 15) is 4.79 Å². The molecule has 0 aliphatic heterocycles. The van der Waals surface area contributed by atoms with Gasteiger partial charge in [0.1, 0.15) is 10.8 Å². The van der Waals surface area contributed by atoms with Gasteiger partial charge in [-0.1, -0.05) is 32.9 Å². The SMILES string of the molecule is CC(C)(C)c1cc(NC(=O)Cc2csc(-c3ccccn3)n2)n(-c2ccccn2)n1. The summed E-state index contributed by atoms with van der Waals surface area (Å²) in [4.78, 5) is 26.0. The molecule has 7 nitrogen and oxygen atoms in total. The van der Waals surface area contributed by atoms with Gasteiger partial charge in [0.15, 0.2) is 5.82 Å². The number of hydrogen-bond donors (Lipinski definition) is 1. The van der Waals surface area contributed by atoms with Gasteiger partial charge in [0.2, 0.25) is 5.91 Å². The summed E-state index contributed by atoms with van der Waals surface area (Å²) < 4.78 is 1.67. The van der Waals surface area contributed by atoms with E-state index in [1.165, 1.54) is 11.3 Å². The van der Waals surface area contributed by atoms with Crippen molar-refractivity contribution < 1.29 is 4.79 Å². The Morgan fingerprint density at radius 1 is 1.10 bits per heavy atom. The van der Waals surface area contributed by atoms with Crippen LogP contribution in [0.4, 0.5) is 5.82 Å². The first-order valence-corrected chi connectivity index (χ1v) is 10.5. The van der Waals surface area contributed by atoms with Gasteiger partial charge in [-0.3, -0.25) is 9.78 Å². The summed E-state index contributed by atoms with van der Waals surface area (Å²) in [5.74, 6) is 1.07. The number of carbonyl (C=O) groups excluding carboxylic acids is 1. The van der Waals surface area contributed by atoms with Gasteiger partial charge >= 0.3 is 0 Å². The van der Waals surface area contributed by atoms with E-state index >= 15 is 0 Å². The van der Waals surface area contributed by atoms with Crippen LogP contribution < -0.4 is 5.32 Å². The highest BCUT2D eigenvalue weighted by Crippen LogP contribution is 2.26.